The van der Waals surface area contributed by atoms with Gasteiger partial charge in [0.15, 0.2) is 11.5 Å². The minimum absolute atomic E-state index is 0.141. The zero-order valence-electron chi connectivity index (χ0n) is 15.8. The summed E-state index contributed by atoms with van der Waals surface area (Å²) in [5.74, 6) is 1.98. The van der Waals surface area contributed by atoms with Crippen LogP contribution in [0.1, 0.15) is 72.5 Å². The fourth-order valence-corrected chi connectivity index (χ4v) is 4.16. The number of nitrogens with zero attached hydrogens (tertiary/aromatic N) is 1. The van der Waals surface area contributed by atoms with Gasteiger partial charge in [0.2, 0.25) is 0 Å². The summed E-state index contributed by atoms with van der Waals surface area (Å²) < 4.78 is 5.68. The number of furan rings is 1. The van der Waals surface area contributed by atoms with E-state index >= 15 is 0 Å². The van der Waals surface area contributed by atoms with Crippen LogP contribution in [-0.2, 0) is 6.42 Å². The number of fused-ring (bicyclic) bond motifs is 1. The van der Waals surface area contributed by atoms with Gasteiger partial charge >= 0.3 is 0 Å². The number of aryl methyl sites for hydroxylation is 1. The van der Waals surface area contributed by atoms with E-state index in [2.05, 4.69) is 38.1 Å². The van der Waals surface area contributed by atoms with Gasteiger partial charge in [-0.05, 0) is 67.0 Å². The van der Waals surface area contributed by atoms with Crippen molar-refractivity contribution in [1.29, 1.82) is 0 Å². The molecule has 0 unspecified atom stereocenters. The molecule has 0 atom stereocenters. The molecule has 134 valence electrons. The standard InChI is InChI=1S/C23H25NO2/c1-4-23(5-2)13-17-8-7-16(12-18(17)21(25)14-23)19-9-10-20(24-19)22-11-6-15(3)26-22/h6-8,10-12H,4-5,9,13-14H2,1-3H3. The third kappa shape index (κ3) is 2.86. The van der Waals surface area contributed by atoms with E-state index in [0.717, 1.165) is 59.7 Å². The number of carbonyl (C=O) groups excluding carboxylic acids is 1. The van der Waals surface area contributed by atoms with Gasteiger partial charge in [0.25, 0.3) is 0 Å². The number of Topliss-reactive ketones (excluding diaryl/α,β-unsaturated/α-hetero) is 1. The number of carbonyl (C=O) groups is 1. The van der Waals surface area contributed by atoms with Gasteiger partial charge in [-0.2, -0.15) is 0 Å². The third-order valence-electron chi connectivity index (χ3n) is 6.08. The maximum Gasteiger partial charge on any atom is 0.163 e. The Balaban J connectivity index is 1.63. The summed E-state index contributed by atoms with van der Waals surface area (Å²) in [6, 6.07) is 10.2. The van der Waals surface area contributed by atoms with Crippen molar-refractivity contribution in [3.05, 3.63) is 64.6 Å². The average Bonchev–Trinajstić information content (AvgIpc) is 3.30. The Labute approximate surface area is 154 Å². The first-order chi connectivity index (χ1) is 12.5. The van der Waals surface area contributed by atoms with E-state index in [-0.39, 0.29) is 11.2 Å². The van der Waals surface area contributed by atoms with Gasteiger partial charge in [0.05, 0.1) is 5.71 Å². The van der Waals surface area contributed by atoms with Crippen molar-refractivity contribution in [2.45, 2.75) is 52.9 Å². The SMILES string of the molecule is CCC1(CC)CC(=O)c2cc(C3=NC(c4ccc(C)o4)=CC3)ccc2C1. The molecule has 0 radical (unpaired) electrons. The van der Waals surface area contributed by atoms with Gasteiger partial charge in [0.1, 0.15) is 11.5 Å². The van der Waals surface area contributed by atoms with Crippen LogP contribution in [0, 0.1) is 12.3 Å². The summed E-state index contributed by atoms with van der Waals surface area (Å²) in [6.45, 7) is 6.34. The highest BCUT2D eigenvalue weighted by Crippen LogP contribution is 2.41. The van der Waals surface area contributed by atoms with Crippen LogP contribution in [-0.4, -0.2) is 11.5 Å². The second-order valence-corrected chi connectivity index (χ2v) is 7.62. The Morgan fingerprint density at radius 1 is 1.12 bits per heavy atom. The number of hydrogen-bond acceptors (Lipinski definition) is 3. The first-order valence-corrected chi connectivity index (χ1v) is 9.54. The fraction of sp³-hybridized carbons (Fsp3) is 0.391. The van der Waals surface area contributed by atoms with Crippen molar-refractivity contribution in [1.82, 2.24) is 0 Å². The van der Waals surface area contributed by atoms with Crippen molar-refractivity contribution in [2.75, 3.05) is 0 Å². The quantitative estimate of drug-likeness (QED) is 0.706. The number of benzene rings is 1. The zero-order chi connectivity index (χ0) is 18.3. The minimum atomic E-state index is 0.141. The first kappa shape index (κ1) is 17.0. The van der Waals surface area contributed by atoms with Gasteiger partial charge in [-0.3, -0.25) is 4.79 Å². The van der Waals surface area contributed by atoms with E-state index in [1.54, 1.807) is 0 Å². The molecule has 1 aliphatic carbocycles. The molecule has 0 bridgehead atoms. The van der Waals surface area contributed by atoms with Gasteiger partial charge in [-0.15, -0.1) is 0 Å². The number of ketones is 1. The Bertz CT molecular complexity index is 925. The molecule has 0 saturated heterocycles. The van der Waals surface area contributed by atoms with Crippen LogP contribution in [0.4, 0.5) is 0 Å². The van der Waals surface area contributed by atoms with Crippen molar-refractivity contribution >= 4 is 17.2 Å². The summed E-state index contributed by atoms with van der Waals surface area (Å²) >= 11 is 0. The summed E-state index contributed by atoms with van der Waals surface area (Å²) in [7, 11) is 0. The topological polar surface area (TPSA) is 42.6 Å². The lowest BCUT2D eigenvalue weighted by Gasteiger charge is -2.36. The van der Waals surface area contributed by atoms with E-state index in [4.69, 9.17) is 9.41 Å². The van der Waals surface area contributed by atoms with Crippen molar-refractivity contribution in [3.8, 4) is 0 Å². The van der Waals surface area contributed by atoms with Gasteiger partial charge in [-0.1, -0.05) is 26.0 Å². The largest absolute Gasteiger partial charge is 0.460 e. The number of rotatable bonds is 4. The molecular weight excluding hydrogens is 322 g/mol. The normalized spacial score (nSPS) is 18.5. The van der Waals surface area contributed by atoms with E-state index in [9.17, 15) is 4.79 Å². The summed E-state index contributed by atoms with van der Waals surface area (Å²) in [5.41, 5.74) is 5.17. The molecule has 0 fully saturated rings. The molecule has 1 aromatic heterocycles. The minimum Gasteiger partial charge on any atom is -0.460 e. The molecule has 1 aliphatic heterocycles. The molecule has 3 heteroatoms. The summed E-state index contributed by atoms with van der Waals surface area (Å²) in [6.07, 6.45) is 6.64. The molecule has 4 rings (SSSR count). The van der Waals surface area contributed by atoms with Crippen LogP contribution in [0.2, 0.25) is 0 Å². The molecule has 0 amide bonds. The molecular formula is C23H25NO2. The summed E-state index contributed by atoms with van der Waals surface area (Å²) in [4.78, 5) is 17.6. The number of hydrogen-bond donors (Lipinski definition) is 0. The predicted molar refractivity (Wildman–Crippen MR) is 105 cm³/mol. The van der Waals surface area contributed by atoms with Gasteiger partial charge < -0.3 is 4.42 Å². The van der Waals surface area contributed by atoms with E-state index in [0.29, 0.717) is 6.42 Å². The second kappa shape index (κ2) is 6.39. The molecule has 1 aromatic carbocycles. The Hall–Kier alpha value is -2.42. The van der Waals surface area contributed by atoms with Crippen molar-refractivity contribution in [2.24, 2.45) is 10.4 Å². The van der Waals surface area contributed by atoms with Crippen LogP contribution in [0.25, 0.3) is 5.70 Å². The van der Waals surface area contributed by atoms with Crippen LogP contribution in [0.15, 0.2) is 45.8 Å². The van der Waals surface area contributed by atoms with E-state index in [1.807, 2.05) is 19.1 Å². The molecule has 0 spiro atoms. The lowest BCUT2D eigenvalue weighted by atomic mass is 9.67. The van der Waals surface area contributed by atoms with Gasteiger partial charge in [0, 0.05) is 18.4 Å². The highest BCUT2D eigenvalue weighted by atomic mass is 16.3. The molecule has 0 saturated carbocycles. The lowest BCUT2D eigenvalue weighted by molar-refractivity contribution is 0.0871. The first-order valence-electron chi connectivity index (χ1n) is 9.54. The molecule has 2 heterocycles. The Morgan fingerprint density at radius 2 is 1.92 bits per heavy atom. The van der Waals surface area contributed by atoms with Gasteiger partial charge in [-0.25, -0.2) is 4.99 Å². The van der Waals surface area contributed by atoms with Crippen molar-refractivity contribution < 1.29 is 9.21 Å². The van der Waals surface area contributed by atoms with E-state index < -0.39 is 0 Å². The summed E-state index contributed by atoms with van der Waals surface area (Å²) in [5, 5.41) is 0. The second-order valence-electron chi connectivity index (χ2n) is 7.62. The molecule has 3 nitrogen and oxygen atoms in total. The monoisotopic (exact) mass is 347 g/mol. The van der Waals surface area contributed by atoms with Crippen LogP contribution in [0.5, 0.6) is 0 Å². The Kier molecular flexibility index (Phi) is 4.18. The highest BCUT2D eigenvalue weighted by Gasteiger charge is 2.36. The zero-order valence-corrected chi connectivity index (χ0v) is 15.8. The Morgan fingerprint density at radius 3 is 2.62 bits per heavy atom. The number of aliphatic imine (C=N–C) groups is 1. The molecule has 2 aromatic rings. The predicted octanol–water partition coefficient (Wildman–Crippen LogP) is 5.76. The van der Waals surface area contributed by atoms with Crippen LogP contribution >= 0.6 is 0 Å². The highest BCUT2D eigenvalue weighted by molar-refractivity contribution is 6.09. The van der Waals surface area contributed by atoms with Crippen molar-refractivity contribution in [3.63, 3.8) is 0 Å². The van der Waals surface area contributed by atoms with Crippen LogP contribution < -0.4 is 0 Å². The maximum absolute atomic E-state index is 12.8. The maximum atomic E-state index is 12.8. The average molecular weight is 347 g/mol. The molecule has 26 heavy (non-hydrogen) atoms. The smallest absolute Gasteiger partial charge is 0.163 e. The number of allylic oxidation sites excluding steroid dienone is 1. The molecule has 0 N–H and O–H groups in total. The lowest BCUT2D eigenvalue weighted by Crippen LogP contribution is -2.31. The van der Waals surface area contributed by atoms with E-state index in [1.165, 1.54) is 5.56 Å². The molecule has 2 aliphatic rings. The van der Waals surface area contributed by atoms with Crippen LogP contribution in [0.3, 0.4) is 0 Å². The third-order valence-corrected chi connectivity index (χ3v) is 6.08. The fourth-order valence-electron chi connectivity index (χ4n) is 4.16.